The van der Waals surface area contributed by atoms with Gasteiger partial charge in [-0.25, -0.2) is 18.2 Å². The van der Waals surface area contributed by atoms with Crippen molar-refractivity contribution in [2.45, 2.75) is 24.7 Å². The number of hydrogen-bond donors (Lipinski definition) is 1. The molecule has 1 aliphatic heterocycles. The topological polar surface area (TPSA) is 78.8 Å². The van der Waals surface area contributed by atoms with Crippen molar-refractivity contribution in [3.63, 3.8) is 0 Å². The van der Waals surface area contributed by atoms with Crippen molar-refractivity contribution in [1.29, 1.82) is 0 Å². The normalized spacial score (nSPS) is 15.7. The van der Waals surface area contributed by atoms with E-state index in [1.54, 1.807) is 25.1 Å². The Morgan fingerprint density at radius 1 is 1.11 bits per heavy atom. The lowest BCUT2D eigenvalue weighted by Crippen LogP contribution is -2.28. The summed E-state index contributed by atoms with van der Waals surface area (Å²) < 4.78 is 40.4. The molecule has 1 fully saturated rings. The van der Waals surface area contributed by atoms with E-state index in [1.807, 2.05) is 0 Å². The first kappa shape index (κ1) is 19.2. The van der Waals surface area contributed by atoms with E-state index in [-0.39, 0.29) is 16.0 Å². The molecule has 0 aliphatic carbocycles. The molecule has 2 aromatic rings. The maximum absolute atomic E-state index is 13.8. The van der Waals surface area contributed by atoms with Gasteiger partial charge < -0.3 is 0 Å². The fourth-order valence-corrected chi connectivity index (χ4v) is 4.45. The standard InChI is InChI=1S/C19H20FN3O3S/c1-14(17-9-2-3-10-18(17)20)21-22-19(24)15-7-6-8-16(13-15)27(25,26)23-11-4-5-12-23/h2-3,6-10,13H,4-5,11-12H2,1H3,(H,22,24)/b21-14-. The Balaban J connectivity index is 1.78. The van der Waals surface area contributed by atoms with Crippen LogP contribution in [0.3, 0.4) is 0 Å². The predicted molar refractivity (Wildman–Crippen MR) is 101 cm³/mol. The summed E-state index contributed by atoms with van der Waals surface area (Å²) >= 11 is 0. The summed E-state index contributed by atoms with van der Waals surface area (Å²) in [6, 6.07) is 11.9. The number of carbonyl (C=O) groups is 1. The number of halogens is 1. The van der Waals surface area contributed by atoms with E-state index in [0.717, 1.165) is 12.8 Å². The Morgan fingerprint density at radius 2 is 1.81 bits per heavy atom. The zero-order valence-electron chi connectivity index (χ0n) is 14.9. The van der Waals surface area contributed by atoms with Crippen molar-refractivity contribution in [3.8, 4) is 0 Å². The van der Waals surface area contributed by atoms with Crippen LogP contribution in [0.4, 0.5) is 4.39 Å². The van der Waals surface area contributed by atoms with Crippen molar-refractivity contribution in [2.75, 3.05) is 13.1 Å². The Hall–Kier alpha value is -2.58. The summed E-state index contributed by atoms with van der Waals surface area (Å²) in [6.45, 7) is 2.56. The first-order chi connectivity index (χ1) is 12.9. The van der Waals surface area contributed by atoms with Crippen molar-refractivity contribution in [1.82, 2.24) is 9.73 Å². The molecule has 0 radical (unpaired) electrons. The van der Waals surface area contributed by atoms with Crippen LogP contribution in [-0.2, 0) is 10.0 Å². The molecule has 6 nitrogen and oxygen atoms in total. The quantitative estimate of drug-likeness (QED) is 0.631. The third-order valence-corrected chi connectivity index (χ3v) is 6.28. The number of hydrazone groups is 1. The second-order valence-electron chi connectivity index (χ2n) is 6.26. The highest BCUT2D eigenvalue weighted by molar-refractivity contribution is 7.89. The van der Waals surface area contributed by atoms with Crippen LogP contribution < -0.4 is 5.43 Å². The molecule has 0 unspecified atom stereocenters. The minimum Gasteiger partial charge on any atom is -0.267 e. The van der Waals surface area contributed by atoms with Gasteiger partial charge in [0.15, 0.2) is 0 Å². The highest BCUT2D eigenvalue weighted by Crippen LogP contribution is 2.21. The molecule has 0 spiro atoms. The van der Waals surface area contributed by atoms with E-state index in [9.17, 15) is 17.6 Å². The molecule has 27 heavy (non-hydrogen) atoms. The van der Waals surface area contributed by atoms with E-state index in [1.165, 1.54) is 34.6 Å². The van der Waals surface area contributed by atoms with Gasteiger partial charge in [0.2, 0.25) is 10.0 Å². The molecular formula is C19H20FN3O3S. The molecule has 2 aromatic carbocycles. The molecule has 8 heteroatoms. The SMILES string of the molecule is C/C(=N/NC(=O)c1cccc(S(=O)(=O)N2CCCC2)c1)c1ccccc1F. The molecule has 142 valence electrons. The summed E-state index contributed by atoms with van der Waals surface area (Å²) in [5, 5.41) is 3.92. The Morgan fingerprint density at radius 3 is 2.52 bits per heavy atom. The van der Waals surface area contributed by atoms with Crippen LogP contribution in [0.5, 0.6) is 0 Å². The third kappa shape index (κ3) is 4.23. The second kappa shape index (κ2) is 7.98. The lowest BCUT2D eigenvalue weighted by molar-refractivity contribution is 0.0954. The van der Waals surface area contributed by atoms with Crippen LogP contribution in [0.1, 0.15) is 35.7 Å². The summed E-state index contributed by atoms with van der Waals surface area (Å²) in [6.07, 6.45) is 1.67. The molecule has 1 saturated heterocycles. The molecule has 0 aromatic heterocycles. The van der Waals surface area contributed by atoms with E-state index in [0.29, 0.717) is 18.8 Å². The number of carbonyl (C=O) groups excluding carboxylic acids is 1. The number of nitrogens with zero attached hydrogens (tertiary/aromatic N) is 2. The van der Waals surface area contributed by atoms with Crippen LogP contribution in [-0.4, -0.2) is 37.4 Å². The number of amides is 1. The van der Waals surface area contributed by atoms with Crippen molar-refractivity contribution >= 4 is 21.6 Å². The average Bonchev–Trinajstić information content (AvgIpc) is 3.22. The van der Waals surface area contributed by atoms with Gasteiger partial charge in [-0.1, -0.05) is 24.3 Å². The van der Waals surface area contributed by atoms with E-state index >= 15 is 0 Å². The third-order valence-electron chi connectivity index (χ3n) is 4.39. The molecular weight excluding hydrogens is 369 g/mol. The fourth-order valence-electron chi connectivity index (χ4n) is 2.89. The van der Waals surface area contributed by atoms with Gasteiger partial charge >= 0.3 is 0 Å². The maximum Gasteiger partial charge on any atom is 0.271 e. The van der Waals surface area contributed by atoms with Crippen LogP contribution in [0, 0.1) is 5.82 Å². The maximum atomic E-state index is 13.8. The molecule has 1 amide bonds. The van der Waals surface area contributed by atoms with Gasteiger partial charge in [-0.3, -0.25) is 4.79 Å². The molecule has 1 N–H and O–H groups in total. The van der Waals surface area contributed by atoms with Crippen LogP contribution in [0.2, 0.25) is 0 Å². The predicted octanol–water partition coefficient (Wildman–Crippen LogP) is 2.76. The zero-order chi connectivity index (χ0) is 19.4. The number of sulfonamides is 1. The average molecular weight is 389 g/mol. The molecule has 0 atom stereocenters. The first-order valence-corrected chi connectivity index (χ1v) is 10.0. The number of nitrogens with one attached hydrogen (secondary N) is 1. The smallest absolute Gasteiger partial charge is 0.267 e. The van der Waals surface area contributed by atoms with Gasteiger partial charge in [-0.15, -0.1) is 0 Å². The minimum absolute atomic E-state index is 0.0758. The Kier molecular flexibility index (Phi) is 5.67. The molecule has 1 heterocycles. The summed E-state index contributed by atoms with van der Waals surface area (Å²) in [5.41, 5.74) is 3.10. The van der Waals surface area contributed by atoms with Gasteiger partial charge in [0.25, 0.3) is 5.91 Å². The first-order valence-electron chi connectivity index (χ1n) is 8.59. The van der Waals surface area contributed by atoms with Gasteiger partial charge in [-0.2, -0.15) is 9.41 Å². The summed E-state index contributed by atoms with van der Waals surface area (Å²) in [5.74, 6) is -1.00. The van der Waals surface area contributed by atoms with Gasteiger partial charge in [-0.05, 0) is 44.0 Å². The molecule has 0 saturated carbocycles. The van der Waals surface area contributed by atoms with Crippen molar-refractivity contribution in [3.05, 3.63) is 65.5 Å². The monoisotopic (exact) mass is 389 g/mol. The van der Waals surface area contributed by atoms with Gasteiger partial charge in [0.1, 0.15) is 5.82 Å². The van der Waals surface area contributed by atoms with E-state index in [2.05, 4.69) is 10.5 Å². The number of rotatable bonds is 5. The second-order valence-corrected chi connectivity index (χ2v) is 8.19. The number of hydrogen-bond acceptors (Lipinski definition) is 4. The van der Waals surface area contributed by atoms with E-state index < -0.39 is 21.7 Å². The highest BCUT2D eigenvalue weighted by atomic mass is 32.2. The van der Waals surface area contributed by atoms with Crippen LogP contribution in [0.25, 0.3) is 0 Å². The molecule has 0 bridgehead atoms. The summed E-state index contributed by atoms with van der Waals surface area (Å²) in [4.78, 5) is 12.4. The largest absolute Gasteiger partial charge is 0.271 e. The van der Waals surface area contributed by atoms with Crippen LogP contribution in [0.15, 0.2) is 58.5 Å². The van der Waals surface area contributed by atoms with E-state index in [4.69, 9.17) is 0 Å². The Labute approximate surface area is 157 Å². The van der Waals surface area contributed by atoms with Gasteiger partial charge in [0.05, 0.1) is 10.6 Å². The molecule has 1 aliphatic rings. The van der Waals surface area contributed by atoms with Crippen molar-refractivity contribution in [2.24, 2.45) is 5.10 Å². The zero-order valence-corrected chi connectivity index (χ0v) is 15.7. The number of benzene rings is 2. The minimum atomic E-state index is -3.61. The fraction of sp³-hybridized carbons (Fsp3) is 0.263. The van der Waals surface area contributed by atoms with Crippen LogP contribution >= 0.6 is 0 Å². The van der Waals surface area contributed by atoms with Gasteiger partial charge in [0, 0.05) is 24.2 Å². The van der Waals surface area contributed by atoms with Crippen molar-refractivity contribution < 1.29 is 17.6 Å². The summed E-state index contributed by atoms with van der Waals surface area (Å²) in [7, 11) is -3.61. The lowest BCUT2D eigenvalue weighted by Gasteiger charge is -2.15. The highest BCUT2D eigenvalue weighted by Gasteiger charge is 2.27. The lowest BCUT2D eigenvalue weighted by atomic mass is 10.1. The molecule has 3 rings (SSSR count). The Bertz CT molecular complexity index is 983.